The van der Waals surface area contributed by atoms with Crippen molar-refractivity contribution in [1.29, 1.82) is 0 Å². The Morgan fingerprint density at radius 3 is 1.27 bits per heavy atom. The molecule has 3 aromatic rings. The first-order valence-electron chi connectivity index (χ1n) is 7.80. The molecule has 0 aliphatic heterocycles. The Balaban J connectivity index is 2.19. The summed E-state index contributed by atoms with van der Waals surface area (Å²) in [6.45, 7) is 0. The molecule has 0 nitrogen and oxygen atoms in total. The van der Waals surface area contributed by atoms with E-state index < -0.39 is 18.4 Å². The maximum atomic E-state index is 2.48. The average molecular weight is 393 g/mol. The fourth-order valence-corrected chi connectivity index (χ4v) is 6.01. The minimum atomic E-state index is -2.13. The van der Waals surface area contributed by atoms with Gasteiger partial charge in [0.05, 0.1) is 0 Å². The Bertz CT molecular complexity index is 695. The van der Waals surface area contributed by atoms with Gasteiger partial charge in [0.15, 0.2) is 0 Å². The van der Waals surface area contributed by atoms with E-state index in [9.17, 15) is 0 Å². The zero-order valence-corrected chi connectivity index (χ0v) is 16.4. The van der Waals surface area contributed by atoms with Gasteiger partial charge in [0.25, 0.3) is 0 Å². The van der Waals surface area contributed by atoms with Crippen molar-refractivity contribution in [2.75, 3.05) is 0 Å². The average Bonchev–Trinajstić information content (AvgIpc) is 2.55. The summed E-state index contributed by atoms with van der Waals surface area (Å²) in [4.78, 5) is 7.44. The van der Waals surface area contributed by atoms with Crippen LogP contribution in [0.2, 0.25) is 14.8 Å². The van der Waals surface area contributed by atoms with E-state index in [-0.39, 0.29) is 0 Å². The molecule has 0 atom stereocenters. The standard InChI is InChI=1S/C18H13.3CH3.Sn/c1-3-8-15(9-4-1)17-12-7-13-18(14-17)16-10-5-2-6-11-16;;;;/h1-6,8-14H;3*1H3;. The summed E-state index contributed by atoms with van der Waals surface area (Å²) in [5, 5.41) is 0. The molecular weight excluding hydrogens is 371 g/mol. The summed E-state index contributed by atoms with van der Waals surface area (Å²) < 4.78 is 1.58. The normalized spacial score (nSPS) is 11.4. The molecule has 0 amide bonds. The summed E-state index contributed by atoms with van der Waals surface area (Å²) in [5.41, 5.74) is 5.28. The molecule has 3 rings (SSSR count). The summed E-state index contributed by atoms with van der Waals surface area (Å²) in [6.07, 6.45) is 0. The molecule has 0 heterocycles. The Kier molecular flexibility index (Phi) is 4.39. The van der Waals surface area contributed by atoms with Crippen molar-refractivity contribution in [3.8, 4) is 22.3 Å². The molecule has 110 valence electrons. The van der Waals surface area contributed by atoms with Crippen LogP contribution in [0.3, 0.4) is 0 Å². The van der Waals surface area contributed by atoms with Crippen molar-refractivity contribution in [2.24, 2.45) is 0 Å². The first kappa shape index (κ1) is 15.4. The second kappa shape index (κ2) is 6.29. The second-order valence-electron chi connectivity index (χ2n) is 6.78. The molecular formula is C21H22Sn. The van der Waals surface area contributed by atoms with Gasteiger partial charge in [-0.1, -0.05) is 0 Å². The molecule has 0 radical (unpaired) electrons. The van der Waals surface area contributed by atoms with Crippen LogP contribution < -0.4 is 3.58 Å². The van der Waals surface area contributed by atoms with Crippen LogP contribution >= 0.6 is 0 Å². The van der Waals surface area contributed by atoms with Gasteiger partial charge in [-0.25, -0.2) is 0 Å². The van der Waals surface area contributed by atoms with Gasteiger partial charge in [-0.05, 0) is 0 Å². The Labute approximate surface area is 137 Å². The molecule has 0 saturated heterocycles. The van der Waals surface area contributed by atoms with Crippen molar-refractivity contribution in [3.05, 3.63) is 78.9 Å². The molecule has 0 unspecified atom stereocenters. The van der Waals surface area contributed by atoms with Crippen molar-refractivity contribution in [3.63, 3.8) is 0 Å². The molecule has 0 aliphatic rings. The van der Waals surface area contributed by atoms with Crippen molar-refractivity contribution < 1.29 is 0 Å². The predicted octanol–water partition coefficient (Wildman–Crippen LogP) is 5.57. The SMILES string of the molecule is [CH3][Sn]([CH3])([CH3])[c]1cc(-c2ccccc2)cc(-c2ccccc2)c1. The van der Waals surface area contributed by atoms with E-state index in [1.807, 2.05) is 0 Å². The predicted molar refractivity (Wildman–Crippen MR) is 100 cm³/mol. The molecule has 0 saturated carbocycles. The van der Waals surface area contributed by atoms with Crippen LogP contribution in [-0.4, -0.2) is 18.4 Å². The molecule has 0 fully saturated rings. The number of hydrogen-bond acceptors (Lipinski definition) is 0. The molecule has 1 heteroatoms. The van der Waals surface area contributed by atoms with Crippen LogP contribution in [0.25, 0.3) is 22.3 Å². The zero-order chi connectivity index (χ0) is 15.6. The van der Waals surface area contributed by atoms with E-state index in [0.717, 1.165) is 0 Å². The van der Waals surface area contributed by atoms with Crippen molar-refractivity contribution >= 4 is 22.0 Å². The Hall–Kier alpha value is -1.54. The van der Waals surface area contributed by atoms with Gasteiger partial charge >= 0.3 is 138 Å². The molecule has 0 bridgehead atoms. The van der Waals surface area contributed by atoms with Crippen LogP contribution in [0.15, 0.2) is 78.9 Å². The van der Waals surface area contributed by atoms with Crippen LogP contribution in [0.5, 0.6) is 0 Å². The molecule has 0 N–H and O–H groups in total. The third-order valence-corrected chi connectivity index (χ3v) is 9.78. The summed E-state index contributed by atoms with van der Waals surface area (Å²) in [7, 11) is 0. The van der Waals surface area contributed by atoms with Gasteiger partial charge in [0.2, 0.25) is 0 Å². The fourth-order valence-electron chi connectivity index (χ4n) is 2.66. The first-order valence-corrected chi connectivity index (χ1v) is 17.8. The van der Waals surface area contributed by atoms with E-state index >= 15 is 0 Å². The molecule has 0 aromatic heterocycles. The summed E-state index contributed by atoms with van der Waals surface area (Å²) in [6, 6.07) is 28.6. The molecule has 22 heavy (non-hydrogen) atoms. The van der Waals surface area contributed by atoms with E-state index in [0.29, 0.717) is 0 Å². The number of benzene rings is 3. The number of hydrogen-bond donors (Lipinski definition) is 0. The quantitative estimate of drug-likeness (QED) is 0.511. The van der Waals surface area contributed by atoms with Gasteiger partial charge < -0.3 is 0 Å². The monoisotopic (exact) mass is 394 g/mol. The molecule has 3 aromatic carbocycles. The van der Waals surface area contributed by atoms with Crippen molar-refractivity contribution in [1.82, 2.24) is 0 Å². The number of rotatable bonds is 3. The fraction of sp³-hybridized carbons (Fsp3) is 0.143. The first-order chi connectivity index (χ1) is 10.5. The van der Waals surface area contributed by atoms with Gasteiger partial charge in [0.1, 0.15) is 0 Å². The van der Waals surface area contributed by atoms with E-state index in [1.165, 1.54) is 22.3 Å². The van der Waals surface area contributed by atoms with Crippen LogP contribution in [-0.2, 0) is 0 Å². The molecule has 0 aliphatic carbocycles. The zero-order valence-electron chi connectivity index (χ0n) is 13.5. The topological polar surface area (TPSA) is 0 Å². The van der Waals surface area contributed by atoms with Gasteiger partial charge in [-0.2, -0.15) is 0 Å². The second-order valence-corrected chi connectivity index (χ2v) is 21.3. The van der Waals surface area contributed by atoms with E-state index in [4.69, 9.17) is 0 Å². The van der Waals surface area contributed by atoms with Gasteiger partial charge in [-0.15, -0.1) is 0 Å². The Morgan fingerprint density at radius 1 is 0.500 bits per heavy atom. The van der Waals surface area contributed by atoms with Gasteiger partial charge in [-0.3, -0.25) is 0 Å². The molecule has 0 spiro atoms. The summed E-state index contributed by atoms with van der Waals surface area (Å²) >= 11 is -2.13. The van der Waals surface area contributed by atoms with Gasteiger partial charge in [0, 0.05) is 0 Å². The third kappa shape index (κ3) is 3.44. The van der Waals surface area contributed by atoms with E-state index in [2.05, 4.69) is 93.7 Å². The van der Waals surface area contributed by atoms with Crippen LogP contribution in [0.1, 0.15) is 0 Å². The summed E-state index contributed by atoms with van der Waals surface area (Å²) in [5.74, 6) is 0. The van der Waals surface area contributed by atoms with Crippen molar-refractivity contribution in [2.45, 2.75) is 14.8 Å². The minimum absolute atomic E-state index is 1.30. The maximum absolute atomic E-state index is 2.48. The Morgan fingerprint density at radius 2 is 0.909 bits per heavy atom. The van der Waals surface area contributed by atoms with Crippen LogP contribution in [0, 0.1) is 0 Å². The third-order valence-electron chi connectivity index (χ3n) is 4.01. The van der Waals surface area contributed by atoms with Crippen LogP contribution in [0.4, 0.5) is 0 Å². The van der Waals surface area contributed by atoms with E-state index in [1.54, 1.807) is 3.58 Å².